The number of hydrogen-bond acceptors (Lipinski definition) is 3. The van der Waals surface area contributed by atoms with Crippen molar-refractivity contribution in [3.8, 4) is 11.5 Å². The predicted molar refractivity (Wildman–Crippen MR) is 95.6 cm³/mol. The zero-order valence-electron chi connectivity index (χ0n) is 14.8. The first-order valence-corrected chi connectivity index (χ1v) is 8.11. The minimum Gasteiger partial charge on any atom is -0.493 e. The van der Waals surface area contributed by atoms with E-state index >= 15 is 0 Å². The molecule has 0 aliphatic heterocycles. The first-order chi connectivity index (χ1) is 11.5. The standard InChI is InChI=1S/C20H25NO3/c1-14-7-5-6-8-17(14)15(2)21-20(22)12-10-16-9-11-18(23-3)19(13-16)24-4/h5-9,11,13,15H,10,12H2,1-4H3,(H,21,22). The van der Waals surface area contributed by atoms with Gasteiger partial charge in [-0.2, -0.15) is 0 Å². The molecule has 2 rings (SSSR count). The van der Waals surface area contributed by atoms with Gasteiger partial charge in [0.2, 0.25) is 5.91 Å². The summed E-state index contributed by atoms with van der Waals surface area (Å²) in [5.74, 6) is 1.42. The SMILES string of the molecule is COc1ccc(CCC(=O)NC(C)c2ccccc2C)cc1OC. The summed E-state index contributed by atoms with van der Waals surface area (Å²) in [6, 6.07) is 13.8. The number of methoxy groups -OCH3 is 2. The Bertz CT molecular complexity index is 697. The van der Waals surface area contributed by atoms with Gasteiger partial charge < -0.3 is 14.8 Å². The molecule has 1 atom stereocenters. The molecule has 2 aromatic rings. The second kappa shape index (κ2) is 8.39. The fraction of sp³-hybridized carbons (Fsp3) is 0.350. The van der Waals surface area contributed by atoms with E-state index in [2.05, 4.69) is 24.4 Å². The molecule has 0 aliphatic rings. The number of amides is 1. The molecule has 1 N–H and O–H groups in total. The van der Waals surface area contributed by atoms with E-state index in [1.165, 1.54) is 5.56 Å². The van der Waals surface area contributed by atoms with Gasteiger partial charge in [0.05, 0.1) is 20.3 Å². The summed E-state index contributed by atoms with van der Waals surface area (Å²) >= 11 is 0. The molecule has 0 aliphatic carbocycles. The Kier molecular flexibility index (Phi) is 6.24. The number of benzene rings is 2. The van der Waals surface area contributed by atoms with Gasteiger partial charge in [-0.25, -0.2) is 0 Å². The van der Waals surface area contributed by atoms with Crippen LogP contribution in [0.2, 0.25) is 0 Å². The van der Waals surface area contributed by atoms with Crippen molar-refractivity contribution in [3.05, 3.63) is 59.2 Å². The molecule has 128 valence electrons. The highest BCUT2D eigenvalue weighted by atomic mass is 16.5. The fourth-order valence-electron chi connectivity index (χ4n) is 2.76. The van der Waals surface area contributed by atoms with Crippen LogP contribution in [0.15, 0.2) is 42.5 Å². The Morgan fingerprint density at radius 2 is 1.79 bits per heavy atom. The molecule has 0 heterocycles. The predicted octanol–water partition coefficient (Wildman–Crippen LogP) is 3.82. The van der Waals surface area contributed by atoms with Gasteiger partial charge in [0.1, 0.15) is 0 Å². The molecule has 4 nitrogen and oxygen atoms in total. The van der Waals surface area contributed by atoms with Crippen molar-refractivity contribution < 1.29 is 14.3 Å². The van der Waals surface area contributed by atoms with Crippen molar-refractivity contribution in [2.45, 2.75) is 32.7 Å². The molecule has 0 saturated heterocycles. The lowest BCUT2D eigenvalue weighted by Gasteiger charge is -2.16. The molecule has 4 heteroatoms. The van der Waals surface area contributed by atoms with Gasteiger partial charge in [-0.05, 0) is 49.1 Å². The number of hydrogen-bond donors (Lipinski definition) is 1. The maximum atomic E-state index is 12.2. The zero-order valence-corrected chi connectivity index (χ0v) is 14.8. The van der Waals surface area contributed by atoms with Crippen LogP contribution in [-0.2, 0) is 11.2 Å². The summed E-state index contributed by atoms with van der Waals surface area (Å²) < 4.78 is 10.5. The third-order valence-electron chi connectivity index (χ3n) is 4.12. The lowest BCUT2D eigenvalue weighted by Crippen LogP contribution is -2.27. The van der Waals surface area contributed by atoms with Crippen molar-refractivity contribution in [2.75, 3.05) is 14.2 Å². The third-order valence-corrected chi connectivity index (χ3v) is 4.12. The lowest BCUT2D eigenvalue weighted by atomic mass is 10.0. The smallest absolute Gasteiger partial charge is 0.220 e. The van der Waals surface area contributed by atoms with Gasteiger partial charge in [0.25, 0.3) is 0 Å². The summed E-state index contributed by atoms with van der Waals surface area (Å²) in [5, 5.41) is 3.06. The molecule has 0 fully saturated rings. The largest absolute Gasteiger partial charge is 0.493 e. The van der Waals surface area contributed by atoms with Gasteiger partial charge in [0.15, 0.2) is 11.5 Å². The van der Waals surface area contributed by atoms with E-state index < -0.39 is 0 Å². The quantitative estimate of drug-likeness (QED) is 0.841. The van der Waals surface area contributed by atoms with E-state index in [-0.39, 0.29) is 11.9 Å². The molecule has 0 radical (unpaired) electrons. The Balaban J connectivity index is 1.92. The average molecular weight is 327 g/mol. The van der Waals surface area contributed by atoms with Crippen LogP contribution in [-0.4, -0.2) is 20.1 Å². The normalized spacial score (nSPS) is 11.7. The van der Waals surface area contributed by atoms with Crippen LogP contribution in [0.3, 0.4) is 0 Å². The molecule has 1 amide bonds. The Labute approximate surface area is 143 Å². The van der Waals surface area contributed by atoms with Crippen LogP contribution in [0.5, 0.6) is 11.5 Å². The maximum Gasteiger partial charge on any atom is 0.220 e. The number of carbonyl (C=O) groups is 1. The summed E-state index contributed by atoms with van der Waals surface area (Å²) in [4.78, 5) is 12.2. The van der Waals surface area contributed by atoms with Crippen LogP contribution in [0.4, 0.5) is 0 Å². The maximum absolute atomic E-state index is 12.2. The Morgan fingerprint density at radius 1 is 1.08 bits per heavy atom. The highest BCUT2D eigenvalue weighted by Gasteiger charge is 2.12. The number of nitrogens with one attached hydrogen (secondary N) is 1. The van der Waals surface area contributed by atoms with Crippen LogP contribution in [0, 0.1) is 6.92 Å². The van der Waals surface area contributed by atoms with Gasteiger partial charge in [0, 0.05) is 6.42 Å². The van der Waals surface area contributed by atoms with Gasteiger partial charge in [-0.15, -0.1) is 0 Å². The van der Waals surface area contributed by atoms with Crippen LogP contribution in [0.25, 0.3) is 0 Å². The van der Waals surface area contributed by atoms with Gasteiger partial charge in [-0.3, -0.25) is 4.79 Å². The van der Waals surface area contributed by atoms with Crippen LogP contribution in [0.1, 0.15) is 36.1 Å². The highest BCUT2D eigenvalue weighted by Crippen LogP contribution is 2.28. The number of carbonyl (C=O) groups excluding carboxylic acids is 1. The second-order valence-electron chi connectivity index (χ2n) is 5.84. The highest BCUT2D eigenvalue weighted by molar-refractivity contribution is 5.76. The molecule has 0 bridgehead atoms. The second-order valence-corrected chi connectivity index (χ2v) is 5.84. The number of aryl methyl sites for hydroxylation is 2. The molecule has 1 unspecified atom stereocenters. The number of rotatable bonds is 7. The molecule has 0 spiro atoms. The van der Waals surface area contributed by atoms with E-state index in [0.717, 1.165) is 11.1 Å². The molecule has 24 heavy (non-hydrogen) atoms. The molecular formula is C20H25NO3. The van der Waals surface area contributed by atoms with Crippen molar-refractivity contribution in [1.82, 2.24) is 5.32 Å². The van der Waals surface area contributed by atoms with Gasteiger partial charge in [-0.1, -0.05) is 30.3 Å². The molecule has 0 saturated carbocycles. The molecule has 2 aromatic carbocycles. The monoisotopic (exact) mass is 327 g/mol. The molecule has 0 aromatic heterocycles. The van der Waals surface area contributed by atoms with Crippen molar-refractivity contribution in [1.29, 1.82) is 0 Å². The average Bonchev–Trinajstić information content (AvgIpc) is 2.59. The summed E-state index contributed by atoms with van der Waals surface area (Å²) in [7, 11) is 3.22. The topological polar surface area (TPSA) is 47.6 Å². The molecular weight excluding hydrogens is 302 g/mol. The summed E-state index contributed by atoms with van der Waals surface area (Å²) in [6.45, 7) is 4.07. The zero-order chi connectivity index (χ0) is 17.5. The van der Waals surface area contributed by atoms with E-state index in [0.29, 0.717) is 24.3 Å². The third kappa shape index (κ3) is 4.51. The number of ether oxygens (including phenoxy) is 2. The van der Waals surface area contributed by atoms with Gasteiger partial charge >= 0.3 is 0 Å². The fourth-order valence-corrected chi connectivity index (χ4v) is 2.76. The minimum atomic E-state index is 0.00380. The van der Waals surface area contributed by atoms with Crippen molar-refractivity contribution in [2.24, 2.45) is 0 Å². The Hall–Kier alpha value is -2.49. The Morgan fingerprint density at radius 3 is 2.46 bits per heavy atom. The van der Waals surface area contributed by atoms with Crippen LogP contribution >= 0.6 is 0 Å². The van der Waals surface area contributed by atoms with Crippen molar-refractivity contribution >= 4 is 5.91 Å². The first kappa shape index (κ1) is 17.9. The summed E-state index contributed by atoms with van der Waals surface area (Å²) in [6.07, 6.45) is 1.10. The lowest BCUT2D eigenvalue weighted by molar-refractivity contribution is -0.121. The minimum absolute atomic E-state index is 0.00380. The van der Waals surface area contributed by atoms with Crippen LogP contribution < -0.4 is 14.8 Å². The van der Waals surface area contributed by atoms with E-state index in [1.54, 1.807) is 14.2 Å². The van der Waals surface area contributed by atoms with Crippen molar-refractivity contribution in [3.63, 3.8) is 0 Å². The van der Waals surface area contributed by atoms with E-state index in [1.807, 2.05) is 37.3 Å². The summed E-state index contributed by atoms with van der Waals surface area (Å²) in [5.41, 5.74) is 3.38. The van der Waals surface area contributed by atoms with E-state index in [4.69, 9.17) is 9.47 Å². The van der Waals surface area contributed by atoms with E-state index in [9.17, 15) is 4.79 Å². The first-order valence-electron chi connectivity index (χ1n) is 8.11.